The first-order valence-corrected chi connectivity index (χ1v) is 17.7. The molecular weight excluding hydrogens is 601 g/mol. The lowest BCUT2D eigenvalue weighted by Crippen LogP contribution is -2.56. The van der Waals surface area contributed by atoms with Crippen LogP contribution in [0.5, 0.6) is 5.75 Å². The number of aryl methyl sites for hydroxylation is 6. The summed E-state index contributed by atoms with van der Waals surface area (Å²) in [5.74, 6) is 0.942. The lowest BCUT2D eigenvalue weighted by molar-refractivity contribution is 0.590. The van der Waals surface area contributed by atoms with Gasteiger partial charge in [-0.2, -0.15) is 0 Å². The van der Waals surface area contributed by atoms with Crippen molar-refractivity contribution in [2.75, 3.05) is 4.90 Å². The molecule has 232 valence electrons. The quantitative estimate of drug-likeness (QED) is 0.179. The van der Waals surface area contributed by atoms with Gasteiger partial charge in [-0.25, -0.2) is 0 Å². The Kier molecular flexibility index (Phi) is 6.51. The summed E-state index contributed by atoms with van der Waals surface area (Å²) in [6.07, 6.45) is 0. The van der Waals surface area contributed by atoms with Gasteiger partial charge >= 0.3 is 6.92 Å². The van der Waals surface area contributed by atoms with Crippen molar-refractivity contribution in [1.82, 2.24) is 0 Å². The van der Waals surface area contributed by atoms with Gasteiger partial charge in [-0.15, -0.1) is 11.3 Å². The third-order valence-electron chi connectivity index (χ3n) is 10.3. The van der Waals surface area contributed by atoms with E-state index in [0.717, 1.165) is 22.7 Å². The summed E-state index contributed by atoms with van der Waals surface area (Å²) in [4.78, 5) is 2.49. The van der Waals surface area contributed by atoms with Crippen LogP contribution in [-0.4, -0.2) is 6.92 Å². The van der Waals surface area contributed by atoms with Crippen molar-refractivity contribution >= 4 is 56.3 Å². The van der Waals surface area contributed by atoms with Crippen LogP contribution in [0.3, 0.4) is 0 Å². The predicted molar refractivity (Wildman–Crippen MR) is 207 cm³/mol. The summed E-state index contributed by atoms with van der Waals surface area (Å²) in [6, 6.07) is 38.6. The number of anilines is 3. The van der Waals surface area contributed by atoms with Crippen LogP contribution in [0.4, 0.5) is 17.1 Å². The molecule has 3 heterocycles. The summed E-state index contributed by atoms with van der Waals surface area (Å²) in [7, 11) is 0. The molecule has 0 radical (unpaired) electrons. The van der Waals surface area contributed by atoms with Crippen molar-refractivity contribution in [2.45, 2.75) is 41.5 Å². The molecule has 0 unspecified atom stereocenters. The van der Waals surface area contributed by atoms with E-state index in [0.29, 0.717) is 0 Å². The van der Waals surface area contributed by atoms with Crippen LogP contribution in [-0.2, 0) is 0 Å². The van der Waals surface area contributed by atoms with Crippen molar-refractivity contribution in [1.29, 1.82) is 0 Å². The summed E-state index contributed by atoms with van der Waals surface area (Å²) < 4.78 is 8.33. The monoisotopic (exact) mass is 637 g/mol. The standard InChI is InChI=1S/C44H36BNOS/c1-25-19-27(3)41(28(4)20-25)31-11-14-33(15-12-31)46-38-16-13-32(42-29(5)21-26(2)22-30(42)6)23-37(38)45-43-36(34-9-7-8-10-39(34)47-45)24-40-35(44(43)46)17-18-48-40/h7-24H,1-6H3. The van der Waals surface area contributed by atoms with Crippen LogP contribution < -0.4 is 20.5 Å². The number of fused-ring (bicyclic) bond motifs is 6. The third-order valence-corrected chi connectivity index (χ3v) is 11.2. The number of nitrogens with zero attached hydrogens (tertiary/aromatic N) is 1. The number of hydrogen-bond donors (Lipinski definition) is 0. The topological polar surface area (TPSA) is 12.5 Å². The van der Waals surface area contributed by atoms with E-state index < -0.39 is 0 Å². The largest absolute Gasteiger partial charge is 0.551 e. The molecule has 0 N–H and O–H groups in total. The van der Waals surface area contributed by atoms with Crippen molar-refractivity contribution in [3.05, 3.63) is 142 Å². The highest BCUT2D eigenvalue weighted by Gasteiger charge is 2.43. The van der Waals surface area contributed by atoms with E-state index in [1.54, 1.807) is 0 Å². The number of rotatable bonds is 3. The Balaban J connectivity index is 1.31. The molecule has 48 heavy (non-hydrogen) atoms. The highest BCUT2D eigenvalue weighted by atomic mass is 32.1. The van der Waals surface area contributed by atoms with E-state index in [4.69, 9.17) is 4.65 Å². The lowest BCUT2D eigenvalue weighted by Gasteiger charge is -2.40. The van der Waals surface area contributed by atoms with E-state index in [1.807, 2.05) is 11.3 Å². The smallest absolute Gasteiger partial charge is 0.431 e. The van der Waals surface area contributed by atoms with E-state index in [1.165, 1.54) is 87.9 Å². The van der Waals surface area contributed by atoms with E-state index in [-0.39, 0.29) is 6.92 Å². The van der Waals surface area contributed by atoms with E-state index >= 15 is 0 Å². The fourth-order valence-corrected chi connectivity index (χ4v) is 9.42. The van der Waals surface area contributed by atoms with E-state index in [9.17, 15) is 0 Å². The Hall–Kier alpha value is -5.06. The molecule has 4 heteroatoms. The molecule has 0 fully saturated rings. The van der Waals surface area contributed by atoms with Crippen molar-refractivity contribution in [3.63, 3.8) is 0 Å². The highest BCUT2D eigenvalue weighted by Crippen LogP contribution is 2.48. The van der Waals surface area contributed by atoms with Gasteiger partial charge in [-0.1, -0.05) is 77.9 Å². The molecule has 0 saturated heterocycles. The number of benzene rings is 6. The van der Waals surface area contributed by atoms with Gasteiger partial charge in [0.05, 0.1) is 5.69 Å². The number of thiophene rings is 1. The lowest BCUT2D eigenvalue weighted by atomic mass is 9.49. The molecule has 6 aromatic carbocycles. The van der Waals surface area contributed by atoms with Gasteiger partial charge < -0.3 is 9.55 Å². The SMILES string of the molecule is Cc1cc(C)c(-c2ccc(N3c4ccc(-c5c(C)cc(C)cc5C)cc4B4Oc5ccccc5-c5cc6sccc6c3c54)cc2)c(C)c1. The van der Waals surface area contributed by atoms with Gasteiger partial charge in [0.1, 0.15) is 5.75 Å². The van der Waals surface area contributed by atoms with Gasteiger partial charge in [-0.3, -0.25) is 0 Å². The number of para-hydroxylation sites is 1. The third kappa shape index (κ3) is 4.32. The second-order valence-electron chi connectivity index (χ2n) is 13.7. The first-order chi connectivity index (χ1) is 23.3. The molecule has 2 nitrogen and oxygen atoms in total. The van der Waals surface area contributed by atoms with Crippen LogP contribution in [0, 0.1) is 41.5 Å². The Bertz CT molecular complexity index is 2410. The Morgan fingerprint density at radius 3 is 1.92 bits per heavy atom. The molecule has 1 aromatic heterocycles. The molecule has 7 aromatic rings. The maximum absolute atomic E-state index is 7.04. The zero-order chi connectivity index (χ0) is 32.8. The summed E-state index contributed by atoms with van der Waals surface area (Å²) in [5, 5.41) is 3.49. The van der Waals surface area contributed by atoms with Crippen molar-refractivity contribution in [2.24, 2.45) is 0 Å². The first-order valence-electron chi connectivity index (χ1n) is 16.8. The number of hydrogen-bond acceptors (Lipinski definition) is 3. The van der Waals surface area contributed by atoms with Crippen LogP contribution in [0.1, 0.15) is 33.4 Å². The Morgan fingerprint density at radius 2 is 1.23 bits per heavy atom. The summed E-state index contributed by atoms with van der Waals surface area (Å²) in [5.41, 5.74) is 21.3. The molecule has 9 rings (SSSR count). The molecule has 0 aliphatic carbocycles. The molecular formula is C44H36BNOS. The maximum atomic E-state index is 7.04. The van der Waals surface area contributed by atoms with Gasteiger partial charge in [-0.05, 0) is 139 Å². The predicted octanol–water partition coefficient (Wildman–Crippen LogP) is 11.0. The molecule has 2 aliphatic heterocycles. The van der Waals surface area contributed by atoms with Gasteiger partial charge in [0.2, 0.25) is 0 Å². The van der Waals surface area contributed by atoms with Crippen LogP contribution in [0.25, 0.3) is 43.5 Å². The average molecular weight is 638 g/mol. The second-order valence-corrected chi connectivity index (χ2v) is 14.7. The van der Waals surface area contributed by atoms with Gasteiger partial charge in [0.25, 0.3) is 0 Å². The highest BCUT2D eigenvalue weighted by molar-refractivity contribution is 7.17. The molecule has 2 aliphatic rings. The minimum atomic E-state index is -0.219. The fraction of sp³-hybridized carbons (Fsp3) is 0.136. The molecule has 0 bridgehead atoms. The average Bonchev–Trinajstić information content (AvgIpc) is 3.53. The fourth-order valence-electron chi connectivity index (χ4n) is 8.60. The first kappa shape index (κ1) is 29.1. The maximum Gasteiger partial charge on any atom is 0.431 e. The van der Waals surface area contributed by atoms with Crippen LogP contribution in [0.15, 0.2) is 109 Å². The molecule has 0 atom stereocenters. The van der Waals surface area contributed by atoms with Crippen LogP contribution >= 0.6 is 11.3 Å². The zero-order valence-electron chi connectivity index (χ0n) is 28.2. The summed E-state index contributed by atoms with van der Waals surface area (Å²) in [6.45, 7) is 13.0. The zero-order valence-corrected chi connectivity index (χ0v) is 29.0. The van der Waals surface area contributed by atoms with Gasteiger partial charge in [0.15, 0.2) is 0 Å². The molecule has 0 spiro atoms. The molecule has 0 amide bonds. The van der Waals surface area contributed by atoms with Crippen molar-refractivity contribution < 1.29 is 4.65 Å². The second kappa shape index (κ2) is 10.7. The summed E-state index contributed by atoms with van der Waals surface area (Å²) >= 11 is 1.81. The molecule has 0 saturated carbocycles. The minimum absolute atomic E-state index is 0.219. The normalized spacial score (nSPS) is 12.9. The van der Waals surface area contributed by atoms with Crippen molar-refractivity contribution in [3.8, 4) is 39.1 Å². The van der Waals surface area contributed by atoms with E-state index in [2.05, 4.69) is 155 Å². The minimum Gasteiger partial charge on any atom is -0.551 e. The van der Waals surface area contributed by atoms with Gasteiger partial charge in [0, 0.05) is 32.5 Å². The Labute approximate surface area is 287 Å². The van der Waals surface area contributed by atoms with Crippen LogP contribution in [0.2, 0.25) is 0 Å². The Morgan fingerprint density at radius 1 is 0.604 bits per heavy atom.